The Morgan fingerprint density at radius 1 is 1.12 bits per heavy atom. The Morgan fingerprint density at radius 3 is 2.55 bits per heavy atom. The molecule has 1 N–H and O–H groups in total. The summed E-state index contributed by atoms with van der Waals surface area (Å²) in [4.78, 5) is 48.8. The Morgan fingerprint density at radius 2 is 1.88 bits per heavy atom. The maximum atomic E-state index is 12.6. The Balaban J connectivity index is 1.77. The molecule has 1 heterocycles. The predicted molar refractivity (Wildman–Crippen MR) is 120 cm³/mol. The summed E-state index contributed by atoms with van der Waals surface area (Å²) in [5, 5.41) is 8.55. The first-order valence-electron chi connectivity index (χ1n) is 9.73. The largest absolute Gasteiger partial charge is 0.493 e. The molecule has 0 radical (unpaired) electrons. The summed E-state index contributed by atoms with van der Waals surface area (Å²) in [7, 11) is 2.65. The number of imide groups is 1. The van der Waals surface area contributed by atoms with Crippen LogP contribution in [0.5, 0.6) is 11.5 Å². The number of hydrogen-bond donors (Lipinski definition) is 1. The summed E-state index contributed by atoms with van der Waals surface area (Å²) < 4.78 is 15.8. The number of carboxylic acid groups (broad SMARTS) is 1. The van der Waals surface area contributed by atoms with Gasteiger partial charge in [-0.15, -0.1) is 0 Å². The van der Waals surface area contributed by atoms with Gasteiger partial charge in [0.05, 0.1) is 24.7 Å². The first kappa shape index (κ1) is 23.9. The van der Waals surface area contributed by atoms with Crippen LogP contribution in [0.25, 0.3) is 6.08 Å². The zero-order valence-electron chi connectivity index (χ0n) is 18.1. The van der Waals surface area contributed by atoms with Gasteiger partial charge in [0, 0.05) is 0 Å². The maximum Gasteiger partial charge on any atom is 0.335 e. The maximum absolute atomic E-state index is 12.6. The number of aromatic carboxylic acids is 1. The number of hydrogen-bond acceptors (Lipinski definition) is 8. The highest BCUT2D eigenvalue weighted by atomic mass is 32.2. The van der Waals surface area contributed by atoms with Crippen molar-refractivity contribution in [3.8, 4) is 11.5 Å². The van der Waals surface area contributed by atoms with Crippen molar-refractivity contribution in [3.63, 3.8) is 0 Å². The van der Waals surface area contributed by atoms with E-state index in [2.05, 4.69) is 4.74 Å². The fraction of sp³-hybridized carbons (Fsp3) is 0.217. The van der Waals surface area contributed by atoms with E-state index >= 15 is 0 Å². The summed E-state index contributed by atoms with van der Waals surface area (Å²) in [5.41, 5.74) is 1.42. The number of thioether (sulfide) groups is 1. The SMILES string of the molecule is COC(=O)[C@H](C)N1C(=O)S/C(=C\c2ccc(OCc3cccc(C(=O)O)c3)c(OC)c2)C1=O. The van der Waals surface area contributed by atoms with Gasteiger partial charge < -0.3 is 19.3 Å². The molecule has 33 heavy (non-hydrogen) atoms. The molecule has 172 valence electrons. The van der Waals surface area contributed by atoms with Crippen LogP contribution in [0, 0.1) is 0 Å². The van der Waals surface area contributed by atoms with E-state index in [1.54, 1.807) is 30.3 Å². The van der Waals surface area contributed by atoms with Crippen molar-refractivity contribution in [2.45, 2.75) is 19.6 Å². The molecule has 3 rings (SSSR count). The minimum atomic E-state index is -1.03. The van der Waals surface area contributed by atoms with Gasteiger partial charge in [-0.1, -0.05) is 18.2 Å². The summed E-state index contributed by atoms with van der Waals surface area (Å²) in [5.74, 6) is -1.48. The number of rotatable bonds is 8. The number of esters is 1. The number of ether oxygens (including phenoxy) is 3. The molecule has 1 atom stereocenters. The van der Waals surface area contributed by atoms with E-state index in [9.17, 15) is 19.2 Å². The van der Waals surface area contributed by atoms with Crippen molar-refractivity contribution in [2.75, 3.05) is 14.2 Å². The van der Waals surface area contributed by atoms with Gasteiger partial charge in [0.2, 0.25) is 0 Å². The summed E-state index contributed by atoms with van der Waals surface area (Å²) >= 11 is 0.732. The number of amides is 2. The molecule has 1 aliphatic rings. The monoisotopic (exact) mass is 471 g/mol. The lowest BCUT2D eigenvalue weighted by Crippen LogP contribution is -2.42. The van der Waals surface area contributed by atoms with Crippen LogP contribution in [0.1, 0.15) is 28.4 Å². The first-order chi connectivity index (χ1) is 15.7. The topological polar surface area (TPSA) is 119 Å². The van der Waals surface area contributed by atoms with Gasteiger partial charge in [-0.25, -0.2) is 9.59 Å². The van der Waals surface area contributed by atoms with Crippen molar-refractivity contribution in [1.29, 1.82) is 0 Å². The lowest BCUT2D eigenvalue weighted by Gasteiger charge is -2.18. The number of methoxy groups -OCH3 is 2. The third-order valence-corrected chi connectivity index (χ3v) is 5.69. The van der Waals surface area contributed by atoms with Crippen molar-refractivity contribution in [1.82, 2.24) is 4.90 Å². The van der Waals surface area contributed by atoms with Crippen LogP contribution in [0.15, 0.2) is 47.4 Å². The van der Waals surface area contributed by atoms with E-state index < -0.39 is 29.1 Å². The Kier molecular flexibility index (Phi) is 7.39. The number of carboxylic acids is 1. The highest BCUT2D eigenvalue weighted by Crippen LogP contribution is 2.35. The summed E-state index contributed by atoms with van der Waals surface area (Å²) in [6.07, 6.45) is 1.53. The molecule has 0 spiro atoms. The van der Waals surface area contributed by atoms with Gasteiger partial charge >= 0.3 is 11.9 Å². The molecule has 0 aromatic heterocycles. The average Bonchev–Trinajstić information content (AvgIpc) is 3.09. The fourth-order valence-corrected chi connectivity index (χ4v) is 4.00. The molecule has 2 aromatic rings. The molecular weight excluding hydrogens is 450 g/mol. The zero-order valence-corrected chi connectivity index (χ0v) is 18.9. The molecule has 1 aliphatic heterocycles. The molecule has 0 bridgehead atoms. The normalized spacial score (nSPS) is 15.5. The van der Waals surface area contributed by atoms with Crippen LogP contribution in [0.2, 0.25) is 0 Å². The highest BCUT2D eigenvalue weighted by molar-refractivity contribution is 8.18. The van der Waals surface area contributed by atoms with E-state index in [-0.39, 0.29) is 17.1 Å². The van der Waals surface area contributed by atoms with Gasteiger partial charge in [-0.2, -0.15) is 0 Å². The van der Waals surface area contributed by atoms with Crippen molar-refractivity contribution in [3.05, 3.63) is 64.1 Å². The second-order valence-electron chi connectivity index (χ2n) is 6.96. The minimum Gasteiger partial charge on any atom is -0.493 e. The van der Waals surface area contributed by atoms with E-state index in [0.29, 0.717) is 22.6 Å². The van der Waals surface area contributed by atoms with Crippen LogP contribution >= 0.6 is 11.8 Å². The molecule has 2 amide bonds. The van der Waals surface area contributed by atoms with Crippen LogP contribution < -0.4 is 9.47 Å². The van der Waals surface area contributed by atoms with Crippen molar-refractivity contribution in [2.24, 2.45) is 0 Å². The average molecular weight is 471 g/mol. The van der Waals surface area contributed by atoms with Crippen LogP contribution in [0.4, 0.5) is 4.79 Å². The molecule has 0 saturated carbocycles. The van der Waals surface area contributed by atoms with Gasteiger partial charge in [0.25, 0.3) is 11.1 Å². The standard InChI is InChI=1S/C23H21NO8S/c1-13(22(28)31-3)24-20(25)19(33-23(24)29)11-14-7-8-17(18(10-14)30-2)32-12-15-5-4-6-16(9-15)21(26)27/h4-11,13H,12H2,1-3H3,(H,26,27)/b19-11-/t13-/m0/s1. The van der Waals surface area contributed by atoms with Gasteiger partial charge in [0.1, 0.15) is 12.6 Å². The molecule has 1 fully saturated rings. The van der Waals surface area contributed by atoms with Gasteiger partial charge in [0.15, 0.2) is 11.5 Å². The molecule has 10 heteroatoms. The predicted octanol–water partition coefficient (Wildman–Crippen LogP) is 3.57. The highest BCUT2D eigenvalue weighted by Gasteiger charge is 2.41. The van der Waals surface area contributed by atoms with E-state index in [1.165, 1.54) is 39.4 Å². The van der Waals surface area contributed by atoms with Crippen molar-refractivity contribution >= 4 is 40.9 Å². The molecule has 0 unspecified atom stereocenters. The third-order valence-electron chi connectivity index (χ3n) is 4.81. The van der Waals surface area contributed by atoms with E-state index in [1.807, 2.05) is 0 Å². The first-order valence-corrected chi connectivity index (χ1v) is 10.5. The number of carbonyl (C=O) groups is 4. The Labute approximate surface area is 193 Å². The number of nitrogens with zero attached hydrogens (tertiary/aromatic N) is 1. The van der Waals surface area contributed by atoms with Gasteiger partial charge in [-0.3, -0.25) is 14.5 Å². The van der Waals surface area contributed by atoms with Crippen molar-refractivity contribution < 1.29 is 38.5 Å². The Bertz CT molecular complexity index is 1140. The van der Waals surface area contributed by atoms with Crippen LogP contribution in [0.3, 0.4) is 0 Å². The quantitative estimate of drug-likeness (QED) is 0.455. The second kappa shape index (κ2) is 10.2. The lowest BCUT2D eigenvalue weighted by atomic mass is 10.1. The molecule has 9 nitrogen and oxygen atoms in total. The van der Waals surface area contributed by atoms with Crippen LogP contribution in [-0.4, -0.2) is 53.4 Å². The fourth-order valence-electron chi connectivity index (χ4n) is 3.09. The van der Waals surface area contributed by atoms with Crippen LogP contribution in [-0.2, 0) is 20.9 Å². The number of carbonyl (C=O) groups excluding carboxylic acids is 3. The summed E-state index contributed by atoms with van der Waals surface area (Å²) in [6.45, 7) is 1.55. The van der Waals surface area contributed by atoms with Gasteiger partial charge in [-0.05, 0) is 60.2 Å². The molecule has 2 aromatic carbocycles. The Hall–Kier alpha value is -3.79. The molecule has 1 saturated heterocycles. The smallest absolute Gasteiger partial charge is 0.335 e. The second-order valence-corrected chi connectivity index (χ2v) is 7.95. The summed E-state index contributed by atoms with van der Waals surface area (Å²) in [6, 6.07) is 10.3. The third kappa shape index (κ3) is 5.35. The molecular formula is C23H21NO8S. The minimum absolute atomic E-state index is 0.126. The number of benzene rings is 2. The molecule has 0 aliphatic carbocycles. The lowest BCUT2D eigenvalue weighted by molar-refractivity contribution is -0.148. The van der Waals surface area contributed by atoms with E-state index in [4.69, 9.17) is 14.6 Å². The zero-order chi connectivity index (χ0) is 24.1. The van der Waals surface area contributed by atoms with E-state index in [0.717, 1.165) is 16.7 Å².